The van der Waals surface area contributed by atoms with E-state index in [2.05, 4.69) is 9.97 Å². The van der Waals surface area contributed by atoms with Crippen LogP contribution in [0.4, 0.5) is 0 Å². The van der Waals surface area contributed by atoms with E-state index < -0.39 is 6.96 Å². The molecule has 0 bridgehead atoms. The highest BCUT2D eigenvalue weighted by atomic mass is 16.9. The standard InChI is InChI=1S/C10H6BN2O4/c1-3-7-9(12-5-1)16-11(14-7)15-8-4-2-6-13-10(8)17-11/h1-6H/q-1. The number of rotatable bonds is 0. The van der Waals surface area contributed by atoms with Gasteiger partial charge in [-0.1, -0.05) is 0 Å². The number of hydrogen-bond acceptors (Lipinski definition) is 6. The third-order valence-electron chi connectivity index (χ3n) is 2.53. The van der Waals surface area contributed by atoms with Crippen LogP contribution in [0.3, 0.4) is 0 Å². The summed E-state index contributed by atoms with van der Waals surface area (Å²) in [5.41, 5.74) is 0. The summed E-state index contributed by atoms with van der Waals surface area (Å²) in [6.45, 7) is -2.33. The van der Waals surface area contributed by atoms with Gasteiger partial charge in [-0.05, 0) is 24.3 Å². The van der Waals surface area contributed by atoms with Gasteiger partial charge in [-0.2, -0.15) is 0 Å². The summed E-state index contributed by atoms with van der Waals surface area (Å²) in [5.74, 6) is 1.72. The second-order valence-electron chi connectivity index (χ2n) is 3.66. The number of hydrogen-bond donors (Lipinski definition) is 0. The van der Waals surface area contributed by atoms with Gasteiger partial charge >= 0.3 is 6.96 Å². The summed E-state index contributed by atoms with van der Waals surface area (Å²) in [4.78, 5) is 8.06. The van der Waals surface area contributed by atoms with Crippen LogP contribution in [-0.4, -0.2) is 16.9 Å². The molecule has 0 atom stereocenters. The lowest BCUT2D eigenvalue weighted by Crippen LogP contribution is -2.54. The van der Waals surface area contributed by atoms with E-state index in [0.29, 0.717) is 23.3 Å². The minimum Gasteiger partial charge on any atom is -0.607 e. The molecule has 0 aromatic carbocycles. The Hall–Kier alpha value is -2.44. The Morgan fingerprint density at radius 1 is 0.765 bits per heavy atom. The zero-order valence-corrected chi connectivity index (χ0v) is 8.57. The summed E-state index contributed by atoms with van der Waals surface area (Å²) < 4.78 is 22.0. The second kappa shape index (κ2) is 2.82. The third kappa shape index (κ3) is 1.16. The first-order chi connectivity index (χ1) is 8.35. The predicted octanol–water partition coefficient (Wildman–Crippen LogP) is 1.15. The van der Waals surface area contributed by atoms with Gasteiger partial charge < -0.3 is 18.6 Å². The summed E-state index contributed by atoms with van der Waals surface area (Å²) >= 11 is 0. The molecule has 0 unspecified atom stereocenters. The van der Waals surface area contributed by atoms with Crippen LogP contribution in [0.5, 0.6) is 23.3 Å². The summed E-state index contributed by atoms with van der Waals surface area (Å²) in [6, 6.07) is 6.97. The molecule has 17 heavy (non-hydrogen) atoms. The van der Waals surface area contributed by atoms with Crippen LogP contribution in [0.15, 0.2) is 36.7 Å². The monoisotopic (exact) mass is 229 g/mol. The molecule has 0 saturated heterocycles. The van der Waals surface area contributed by atoms with E-state index in [4.69, 9.17) is 18.6 Å². The molecule has 2 aliphatic rings. The number of pyridine rings is 2. The van der Waals surface area contributed by atoms with E-state index in [9.17, 15) is 0 Å². The Balaban J connectivity index is 1.72. The van der Waals surface area contributed by atoms with Crippen LogP contribution in [0, 0.1) is 0 Å². The molecule has 0 aliphatic carbocycles. The molecule has 2 aliphatic heterocycles. The van der Waals surface area contributed by atoms with Crippen molar-refractivity contribution in [2.75, 3.05) is 0 Å². The van der Waals surface area contributed by atoms with Gasteiger partial charge in [0, 0.05) is 12.4 Å². The zero-order valence-electron chi connectivity index (χ0n) is 8.57. The molecule has 0 amide bonds. The van der Waals surface area contributed by atoms with Crippen molar-refractivity contribution in [1.82, 2.24) is 9.97 Å². The number of aromatic nitrogens is 2. The summed E-state index contributed by atoms with van der Waals surface area (Å²) in [5, 5.41) is 0. The molecule has 4 rings (SSSR count). The quantitative estimate of drug-likeness (QED) is 0.631. The van der Waals surface area contributed by atoms with Crippen molar-refractivity contribution in [3.05, 3.63) is 36.7 Å². The Morgan fingerprint density at radius 2 is 1.29 bits per heavy atom. The average Bonchev–Trinajstić information content (AvgIpc) is 2.87. The zero-order chi connectivity index (χ0) is 11.3. The molecule has 6 nitrogen and oxygen atoms in total. The topological polar surface area (TPSA) is 62.7 Å². The van der Waals surface area contributed by atoms with Gasteiger partial charge in [-0.25, -0.2) is 9.97 Å². The fourth-order valence-electron chi connectivity index (χ4n) is 1.84. The minimum atomic E-state index is -2.33. The van der Waals surface area contributed by atoms with Gasteiger partial charge in [0.05, 0.1) is 0 Å². The van der Waals surface area contributed by atoms with E-state index in [1.165, 1.54) is 0 Å². The molecular weight excluding hydrogens is 223 g/mol. The SMILES string of the molecule is c1cnc2c(c1)O[B-]1(Oc3cccnc3O1)O2. The third-order valence-corrected chi connectivity index (χ3v) is 2.53. The van der Waals surface area contributed by atoms with E-state index in [1.54, 1.807) is 36.7 Å². The molecule has 2 aromatic heterocycles. The van der Waals surface area contributed by atoms with Crippen LogP contribution < -0.4 is 18.6 Å². The highest BCUT2D eigenvalue weighted by Crippen LogP contribution is 2.42. The molecule has 0 N–H and O–H groups in total. The lowest BCUT2D eigenvalue weighted by atomic mass is 10.1. The van der Waals surface area contributed by atoms with Gasteiger partial charge in [-0.3, -0.25) is 0 Å². The first kappa shape index (κ1) is 8.69. The van der Waals surface area contributed by atoms with Gasteiger partial charge in [0.2, 0.25) is 11.8 Å². The molecule has 0 fully saturated rings. The number of fused-ring (bicyclic) bond motifs is 2. The van der Waals surface area contributed by atoms with Gasteiger partial charge in [0.25, 0.3) is 0 Å². The first-order valence-corrected chi connectivity index (χ1v) is 5.13. The van der Waals surface area contributed by atoms with Crippen LogP contribution in [-0.2, 0) is 0 Å². The average molecular weight is 229 g/mol. The maximum Gasteiger partial charge on any atom is 0.779 e. The first-order valence-electron chi connectivity index (χ1n) is 5.13. The van der Waals surface area contributed by atoms with Gasteiger partial charge in [0.1, 0.15) is 11.5 Å². The minimum absolute atomic E-state index is 0.361. The fourth-order valence-corrected chi connectivity index (χ4v) is 1.84. The maximum atomic E-state index is 5.53. The Labute approximate surface area is 96.2 Å². The van der Waals surface area contributed by atoms with Crippen molar-refractivity contribution in [3.63, 3.8) is 0 Å². The molecule has 0 radical (unpaired) electrons. The van der Waals surface area contributed by atoms with Crippen LogP contribution in [0.1, 0.15) is 0 Å². The van der Waals surface area contributed by atoms with Gasteiger partial charge in [-0.15, -0.1) is 0 Å². The summed E-state index contributed by atoms with van der Waals surface area (Å²) in [7, 11) is 0. The fraction of sp³-hybridized carbons (Fsp3) is 0. The van der Waals surface area contributed by atoms with E-state index in [1.807, 2.05) is 0 Å². The number of nitrogens with zero attached hydrogens (tertiary/aromatic N) is 2. The smallest absolute Gasteiger partial charge is 0.607 e. The van der Waals surface area contributed by atoms with Crippen LogP contribution in [0.2, 0.25) is 0 Å². The predicted molar refractivity (Wildman–Crippen MR) is 56.7 cm³/mol. The Morgan fingerprint density at radius 3 is 1.76 bits per heavy atom. The lowest BCUT2D eigenvalue weighted by Gasteiger charge is -2.26. The molecule has 0 saturated carbocycles. The highest BCUT2D eigenvalue weighted by Gasteiger charge is 2.52. The second-order valence-corrected chi connectivity index (χ2v) is 3.66. The molecule has 4 heterocycles. The van der Waals surface area contributed by atoms with Crippen molar-refractivity contribution in [1.29, 1.82) is 0 Å². The molecule has 84 valence electrons. The van der Waals surface area contributed by atoms with E-state index in [-0.39, 0.29) is 0 Å². The van der Waals surface area contributed by atoms with Crippen molar-refractivity contribution in [3.8, 4) is 23.3 Å². The van der Waals surface area contributed by atoms with Crippen molar-refractivity contribution in [2.24, 2.45) is 0 Å². The highest BCUT2D eigenvalue weighted by molar-refractivity contribution is 6.59. The van der Waals surface area contributed by atoms with E-state index in [0.717, 1.165) is 0 Å². The Bertz CT molecular complexity index is 499. The molecule has 1 spiro atoms. The molecule has 7 heteroatoms. The molecular formula is C10H6BN2O4-. The lowest BCUT2D eigenvalue weighted by molar-refractivity contribution is 0.220. The van der Waals surface area contributed by atoms with Crippen molar-refractivity contribution in [2.45, 2.75) is 0 Å². The van der Waals surface area contributed by atoms with Crippen LogP contribution >= 0.6 is 0 Å². The van der Waals surface area contributed by atoms with Gasteiger partial charge in [0.15, 0.2) is 0 Å². The Kier molecular flexibility index (Phi) is 1.44. The summed E-state index contributed by atoms with van der Waals surface area (Å²) in [6.07, 6.45) is 3.22. The normalized spacial score (nSPS) is 17.4. The largest absolute Gasteiger partial charge is 0.779 e. The van der Waals surface area contributed by atoms with Crippen LogP contribution in [0.25, 0.3) is 0 Å². The molecule has 2 aromatic rings. The van der Waals surface area contributed by atoms with E-state index >= 15 is 0 Å². The van der Waals surface area contributed by atoms with Crippen molar-refractivity contribution >= 4 is 6.96 Å². The maximum absolute atomic E-state index is 5.53. The van der Waals surface area contributed by atoms with Crippen molar-refractivity contribution < 1.29 is 18.6 Å².